The lowest BCUT2D eigenvalue weighted by atomic mass is 10.2. The van der Waals surface area contributed by atoms with Gasteiger partial charge in [0, 0.05) is 44.0 Å². The fourth-order valence-corrected chi connectivity index (χ4v) is 2.51. The normalized spacial score (nSPS) is 11.0. The van der Waals surface area contributed by atoms with E-state index in [0.29, 0.717) is 24.7 Å². The van der Waals surface area contributed by atoms with Gasteiger partial charge in [0.1, 0.15) is 18.7 Å². The molecule has 3 heterocycles. The number of carbonyl (C=O) groups excluding carboxylic acids is 1. The molecule has 3 aromatic heterocycles. The van der Waals surface area contributed by atoms with E-state index in [1.165, 1.54) is 4.90 Å². The van der Waals surface area contributed by atoms with Gasteiger partial charge in [-0.3, -0.25) is 4.98 Å². The first kappa shape index (κ1) is 18.5. The number of amides is 2. The summed E-state index contributed by atoms with van der Waals surface area (Å²) in [6.45, 7) is 4.79. The standard InChI is InChI=1S/C17H22N8O2/c1-12(2)25-11-20-22-14(25)6-9-19-17(26)24(3)10-15-21-16(23-27-15)13-4-7-18-8-5-13/h4-5,7-8,11-12H,6,9-10H2,1-3H3,(H,19,26). The monoisotopic (exact) mass is 370 g/mol. The van der Waals surface area contributed by atoms with E-state index in [9.17, 15) is 4.79 Å². The van der Waals surface area contributed by atoms with Crippen molar-refractivity contribution in [2.75, 3.05) is 13.6 Å². The second kappa shape index (κ2) is 8.39. The van der Waals surface area contributed by atoms with Crippen LogP contribution in [-0.2, 0) is 13.0 Å². The fourth-order valence-electron chi connectivity index (χ4n) is 2.51. The summed E-state index contributed by atoms with van der Waals surface area (Å²) in [5.41, 5.74) is 0.807. The first-order chi connectivity index (χ1) is 13.0. The Morgan fingerprint density at radius 1 is 1.33 bits per heavy atom. The zero-order valence-corrected chi connectivity index (χ0v) is 15.5. The lowest BCUT2D eigenvalue weighted by molar-refractivity contribution is 0.199. The summed E-state index contributed by atoms with van der Waals surface area (Å²) in [5.74, 6) is 1.67. The van der Waals surface area contributed by atoms with Crippen molar-refractivity contribution >= 4 is 6.03 Å². The second-order valence-corrected chi connectivity index (χ2v) is 6.33. The van der Waals surface area contributed by atoms with Crippen LogP contribution < -0.4 is 5.32 Å². The fraction of sp³-hybridized carbons (Fsp3) is 0.412. The lowest BCUT2D eigenvalue weighted by Gasteiger charge is -2.16. The summed E-state index contributed by atoms with van der Waals surface area (Å²) in [4.78, 5) is 22.0. The second-order valence-electron chi connectivity index (χ2n) is 6.33. The predicted octanol–water partition coefficient (Wildman–Crippen LogP) is 1.69. The minimum Gasteiger partial charge on any atom is -0.338 e. The highest BCUT2D eigenvalue weighted by molar-refractivity contribution is 5.73. The largest absolute Gasteiger partial charge is 0.338 e. The number of hydrogen-bond acceptors (Lipinski definition) is 7. The molecule has 0 bridgehead atoms. The van der Waals surface area contributed by atoms with E-state index < -0.39 is 0 Å². The van der Waals surface area contributed by atoms with Gasteiger partial charge in [-0.05, 0) is 26.0 Å². The van der Waals surface area contributed by atoms with Crippen molar-refractivity contribution in [3.63, 3.8) is 0 Å². The maximum Gasteiger partial charge on any atom is 0.317 e. The van der Waals surface area contributed by atoms with Gasteiger partial charge < -0.3 is 19.3 Å². The Balaban J connectivity index is 1.49. The molecular weight excluding hydrogens is 348 g/mol. The molecule has 0 aliphatic rings. The highest BCUT2D eigenvalue weighted by atomic mass is 16.5. The number of nitrogens with zero attached hydrogens (tertiary/aromatic N) is 7. The van der Waals surface area contributed by atoms with E-state index in [-0.39, 0.29) is 18.6 Å². The number of rotatable bonds is 7. The van der Waals surface area contributed by atoms with Crippen LogP contribution in [0.1, 0.15) is 31.6 Å². The van der Waals surface area contributed by atoms with E-state index in [2.05, 4.69) is 44.5 Å². The molecule has 0 spiro atoms. The summed E-state index contributed by atoms with van der Waals surface area (Å²) in [5, 5.41) is 14.8. The van der Waals surface area contributed by atoms with Crippen molar-refractivity contribution in [3.8, 4) is 11.4 Å². The number of hydrogen-bond donors (Lipinski definition) is 1. The van der Waals surface area contributed by atoms with E-state index >= 15 is 0 Å². The number of nitrogens with one attached hydrogen (secondary N) is 1. The molecular formula is C17H22N8O2. The van der Waals surface area contributed by atoms with Crippen LogP contribution in [0.3, 0.4) is 0 Å². The average molecular weight is 370 g/mol. The molecule has 10 nitrogen and oxygen atoms in total. The Labute approximate surface area is 156 Å². The summed E-state index contributed by atoms with van der Waals surface area (Å²) < 4.78 is 7.20. The van der Waals surface area contributed by atoms with E-state index in [1.807, 2.05) is 4.57 Å². The van der Waals surface area contributed by atoms with E-state index in [1.54, 1.807) is 37.9 Å². The summed E-state index contributed by atoms with van der Waals surface area (Å²) >= 11 is 0. The maximum atomic E-state index is 12.2. The highest BCUT2D eigenvalue weighted by Gasteiger charge is 2.15. The molecule has 27 heavy (non-hydrogen) atoms. The van der Waals surface area contributed by atoms with Crippen molar-refractivity contribution < 1.29 is 9.32 Å². The minimum atomic E-state index is -0.228. The van der Waals surface area contributed by atoms with Crippen LogP contribution in [0.15, 0.2) is 35.4 Å². The molecule has 0 aliphatic heterocycles. The van der Waals surface area contributed by atoms with E-state index in [4.69, 9.17) is 4.52 Å². The van der Waals surface area contributed by atoms with Crippen molar-refractivity contribution in [2.45, 2.75) is 32.9 Å². The third-order valence-corrected chi connectivity index (χ3v) is 3.95. The molecule has 0 aromatic carbocycles. The minimum absolute atomic E-state index is 0.214. The van der Waals surface area contributed by atoms with Gasteiger partial charge in [-0.25, -0.2) is 4.79 Å². The average Bonchev–Trinajstić information content (AvgIpc) is 3.32. The SMILES string of the molecule is CC(C)n1cnnc1CCNC(=O)N(C)Cc1nc(-c2ccncc2)no1. The van der Waals surface area contributed by atoms with Crippen molar-refractivity contribution in [3.05, 3.63) is 42.6 Å². The topological polar surface area (TPSA) is 115 Å². The molecule has 0 fully saturated rings. The van der Waals surface area contributed by atoms with Crippen molar-refractivity contribution in [1.82, 2.24) is 40.1 Å². The summed E-state index contributed by atoms with van der Waals surface area (Å²) in [7, 11) is 1.67. The lowest BCUT2D eigenvalue weighted by Crippen LogP contribution is -2.38. The van der Waals surface area contributed by atoms with E-state index in [0.717, 1.165) is 11.4 Å². The van der Waals surface area contributed by atoms with Gasteiger partial charge >= 0.3 is 6.03 Å². The zero-order chi connectivity index (χ0) is 19.2. The molecule has 1 N–H and O–H groups in total. The predicted molar refractivity (Wildman–Crippen MR) is 96.5 cm³/mol. The van der Waals surface area contributed by atoms with Gasteiger partial charge in [-0.15, -0.1) is 10.2 Å². The summed E-state index contributed by atoms with van der Waals surface area (Å²) in [6.07, 6.45) is 5.62. The van der Waals surface area contributed by atoms with Gasteiger partial charge in [0.2, 0.25) is 11.7 Å². The smallest absolute Gasteiger partial charge is 0.317 e. The number of aromatic nitrogens is 6. The molecule has 0 radical (unpaired) electrons. The maximum absolute atomic E-state index is 12.2. The molecule has 0 saturated heterocycles. The van der Waals surface area contributed by atoms with Crippen LogP contribution >= 0.6 is 0 Å². The third-order valence-electron chi connectivity index (χ3n) is 3.95. The van der Waals surface area contributed by atoms with Gasteiger partial charge in [-0.2, -0.15) is 4.98 Å². The van der Waals surface area contributed by atoms with Gasteiger partial charge in [0.15, 0.2) is 0 Å². The molecule has 3 rings (SSSR count). The molecule has 0 saturated carbocycles. The van der Waals surface area contributed by atoms with Crippen LogP contribution in [0, 0.1) is 0 Å². The zero-order valence-electron chi connectivity index (χ0n) is 15.5. The molecule has 10 heteroatoms. The Kier molecular flexibility index (Phi) is 5.74. The van der Waals surface area contributed by atoms with Crippen molar-refractivity contribution in [1.29, 1.82) is 0 Å². The van der Waals surface area contributed by atoms with Crippen LogP contribution in [0.2, 0.25) is 0 Å². The van der Waals surface area contributed by atoms with Gasteiger partial charge in [0.05, 0.1) is 0 Å². The van der Waals surface area contributed by atoms with Crippen LogP contribution in [0.5, 0.6) is 0 Å². The Hall–Kier alpha value is -3.30. The first-order valence-electron chi connectivity index (χ1n) is 8.65. The van der Waals surface area contributed by atoms with Crippen LogP contribution in [0.25, 0.3) is 11.4 Å². The molecule has 3 aromatic rings. The quantitative estimate of drug-likeness (QED) is 0.673. The Morgan fingerprint density at radius 2 is 2.11 bits per heavy atom. The first-order valence-corrected chi connectivity index (χ1v) is 8.65. The molecule has 2 amide bonds. The highest BCUT2D eigenvalue weighted by Crippen LogP contribution is 2.14. The molecule has 0 unspecified atom stereocenters. The Bertz CT molecular complexity index is 874. The summed E-state index contributed by atoms with van der Waals surface area (Å²) in [6, 6.07) is 3.64. The number of urea groups is 1. The number of pyridine rings is 1. The third kappa shape index (κ3) is 4.66. The van der Waals surface area contributed by atoms with Crippen LogP contribution in [-0.4, -0.2) is 54.4 Å². The van der Waals surface area contributed by atoms with Crippen LogP contribution in [0.4, 0.5) is 4.79 Å². The van der Waals surface area contributed by atoms with Gasteiger partial charge in [-0.1, -0.05) is 5.16 Å². The number of carbonyl (C=O) groups is 1. The molecule has 0 aliphatic carbocycles. The van der Waals surface area contributed by atoms with Crippen molar-refractivity contribution in [2.24, 2.45) is 0 Å². The van der Waals surface area contributed by atoms with Gasteiger partial charge in [0.25, 0.3) is 0 Å². The molecule has 0 atom stereocenters. The molecule has 142 valence electrons. The Morgan fingerprint density at radius 3 is 2.85 bits per heavy atom.